The van der Waals surface area contributed by atoms with Crippen LogP contribution < -0.4 is 0 Å². The zero-order chi connectivity index (χ0) is 11.2. The van der Waals surface area contributed by atoms with Crippen molar-refractivity contribution in [1.29, 1.82) is 0 Å². The average molecular weight is 301 g/mol. The Bertz CT molecular complexity index is 417. The highest BCUT2D eigenvalue weighted by molar-refractivity contribution is 7.17. The fraction of sp³-hybridized carbons (Fsp3) is 0.200. The Morgan fingerprint density at radius 3 is 1.83 bits per heavy atom. The highest BCUT2D eigenvalue weighted by Crippen LogP contribution is 2.27. The third-order valence-corrected chi connectivity index (χ3v) is 3.53. The minimum Gasteiger partial charge on any atom is -0.147 e. The van der Waals surface area contributed by atoms with Gasteiger partial charge in [0, 0.05) is 0 Å². The molecule has 0 nitrogen and oxygen atoms in total. The lowest BCUT2D eigenvalue weighted by molar-refractivity contribution is 0.803. The number of halogens is 2. The van der Waals surface area contributed by atoms with Crippen molar-refractivity contribution in [3.8, 4) is 0 Å². The van der Waals surface area contributed by atoms with Gasteiger partial charge in [-0.25, -0.2) is 0 Å². The van der Waals surface area contributed by atoms with Crippen molar-refractivity contribution >= 4 is 34.1 Å². The zero-order valence-corrected chi connectivity index (χ0v) is 12.9. The fourth-order valence-electron chi connectivity index (χ4n) is 1.83. The summed E-state index contributed by atoms with van der Waals surface area (Å²) in [4.78, 5) is 0. The standard InChI is InChI=1S/C15H17P.2ClH/c16-15(14-9-5-2-6-10-14)12-11-13-7-3-1-4-8-13;;/h1-10,15H,11-12,16H2;2*1H. The van der Waals surface area contributed by atoms with Crippen LogP contribution >= 0.6 is 34.1 Å². The first-order valence-corrected chi connectivity index (χ1v) is 6.37. The summed E-state index contributed by atoms with van der Waals surface area (Å²) in [5, 5.41) is 0. The Balaban J connectivity index is 0.00000144. The molecule has 0 heterocycles. The van der Waals surface area contributed by atoms with Crippen LogP contribution in [0.5, 0.6) is 0 Å². The van der Waals surface area contributed by atoms with E-state index in [9.17, 15) is 0 Å². The first kappa shape index (κ1) is 17.4. The molecule has 0 aliphatic carbocycles. The summed E-state index contributed by atoms with van der Waals surface area (Å²) in [5.74, 6) is 0. The molecule has 2 atom stereocenters. The normalized spacial score (nSPS) is 10.9. The van der Waals surface area contributed by atoms with Gasteiger partial charge in [-0.15, -0.1) is 34.1 Å². The van der Waals surface area contributed by atoms with Crippen LogP contribution in [0.25, 0.3) is 0 Å². The number of aryl methyl sites for hydroxylation is 1. The minimum atomic E-state index is 0. The molecule has 0 saturated carbocycles. The lowest BCUT2D eigenvalue weighted by Crippen LogP contribution is -1.93. The molecule has 0 bridgehead atoms. The highest BCUT2D eigenvalue weighted by Gasteiger charge is 2.04. The average Bonchev–Trinajstić information content (AvgIpc) is 2.38. The highest BCUT2D eigenvalue weighted by atomic mass is 35.5. The molecular formula is C15H19Cl2P. The van der Waals surface area contributed by atoms with Crippen LogP contribution in [0, 0.1) is 0 Å². The topological polar surface area (TPSA) is 0 Å². The quantitative estimate of drug-likeness (QED) is 0.691. The van der Waals surface area contributed by atoms with Gasteiger partial charge in [0.1, 0.15) is 0 Å². The van der Waals surface area contributed by atoms with Gasteiger partial charge in [-0.2, -0.15) is 0 Å². The Kier molecular flexibility index (Phi) is 9.10. The molecule has 0 aliphatic heterocycles. The second-order valence-corrected chi connectivity index (χ2v) is 4.85. The molecule has 0 N–H and O–H groups in total. The van der Waals surface area contributed by atoms with Gasteiger partial charge in [0.2, 0.25) is 0 Å². The molecule has 0 saturated heterocycles. The van der Waals surface area contributed by atoms with E-state index in [0.29, 0.717) is 5.66 Å². The van der Waals surface area contributed by atoms with E-state index in [1.165, 1.54) is 17.5 Å². The lowest BCUT2D eigenvalue weighted by Gasteiger charge is -2.11. The molecule has 0 spiro atoms. The first-order valence-electron chi connectivity index (χ1n) is 5.71. The molecule has 0 aromatic heterocycles. The fourth-order valence-corrected chi connectivity index (χ4v) is 2.22. The second-order valence-electron chi connectivity index (χ2n) is 4.04. The predicted octanol–water partition coefficient (Wildman–Crippen LogP) is 5.08. The van der Waals surface area contributed by atoms with E-state index in [-0.39, 0.29) is 24.8 Å². The van der Waals surface area contributed by atoms with E-state index in [4.69, 9.17) is 0 Å². The number of hydrogen-bond donors (Lipinski definition) is 0. The maximum absolute atomic E-state index is 2.94. The van der Waals surface area contributed by atoms with Crippen molar-refractivity contribution in [2.24, 2.45) is 0 Å². The molecule has 2 aromatic rings. The summed E-state index contributed by atoms with van der Waals surface area (Å²) < 4.78 is 0. The summed E-state index contributed by atoms with van der Waals surface area (Å²) in [6.07, 6.45) is 2.32. The van der Waals surface area contributed by atoms with Crippen LogP contribution in [-0.2, 0) is 6.42 Å². The van der Waals surface area contributed by atoms with Crippen LogP contribution in [-0.4, -0.2) is 0 Å². The number of hydrogen-bond acceptors (Lipinski definition) is 0. The third kappa shape index (κ3) is 5.40. The first-order chi connectivity index (χ1) is 7.86. The van der Waals surface area contributed by atoms with E-state index in [0.717, 1.165) is 6.42 Å². The van der Waals surface area contributed by atoms with Crippen molar-refractivity contribution in [3.05, 3.63) is 71.8 Å². The van der Waals surface area contributed by atoms with Crippen LogP contribution in [0.15, 0.2) is 60.7 Å². The van der Waals surface area contributed by atoms with Gasteiger partial charge < -0.3 is 0 Å². The maximum atomic E-state index is 2.94. The van der Waals surface area contributed by atoms with Crippen molar-refractivity contribution in [3.63, 3.8) is 0 Å². The van der Waals surface area contributed by atoms with E-state index in [1.807, 2.05) is 0 Å². The maximum Gasteiger partial charge on any atom is -0.00114 e. The SMILES string of the molecule is Cl.Cl.PC(CCc1ccccc1)c1ccccc1. The van der Waals surface area contributed by atoms with Crippen LogP contribution in [0.3, 0.4) is 0 Å². The molecule has 0 radical (unpaired) electrons. The summed E-state index contributed by atoms with van der Waals surface area (Å²) in [6.45, 7) is 0. The molecule has 0 fully saturated rings. The molecule has 0 aliphatic rings. The number of rotatable bonds is 4. The molecule has 3 heteroatoms. The molecule has 2 rings (SSSR count). The van der Waals surface area contributed by atoms with Crippen LogP contribution in [0.4, 0.5) is 0 Å². The van der Waals surface area contributed by atoms with E-state index < -0.39 is 0 Å². The van der Waals surface area contributed by atoms with Crippen LogP contribution in [0.1, 0.15) is 23.2 Å². The molecule has 0 amide bonds. The minimum absolute atomic E-state index is 0. The zero-order valence-electron chi connectivity index (χ0n) is 10.2. The van der Waals surface area contributed by atoms with Crippen molar-refractivity contribution in [2.45, 2.75) is 18.5 Å². The van der Waals surface area contributed by atoms with Gasteiger partial charge in [0.25, 0.3) is 0 Å². The Morgan fingerprint density at radius 2 is 1.28 bits per heavy atom. The predicted molar refractivity (Wildman–Crippen MR) is 88.2 cm³/mol. The Morgan fingerprint density at radius 1 is 0.778 bits per heavy atom. The second kappa shape index (κ2) is 9.39. The van der Waals surface area contributed by atoms with Crippen molar-refractivity contribution in [1.82, 2.24) is 0 Å². The smallest absolute Gasteiger partial charge is 0.00114 e. The van der Waals surface area contributed by atoms with E-state index in [1.54, 1.807) is 0 Å². The summed E-state index contributed by atoms with van der Waals surface area (Å²) in [7, 11) is 2.94. The lowest BCUT2D eigenvalue weighted by atomic mass is 10.0. The molecule has 98 valence electrons. The molecule has 18 heavy (non-hydrogen) atoms. The van der Waals surface area contributed by atoms with Crippen LogP contribution in [0.2, 0.25) is 0 Å². The van der Waals surface area contributed by atoms with Crippen molar-refractivity contribution < 1.29 is 0 Å². The largest absolute Gasteiger partial charge is 0.147 e. The van der Waals surface area contributed by atoms with Crippen molar-refractivity contribution in [2.75, 3.05) is 0 Å². The molecule has 2 aromatic carbocycles. The summed E-state index contributed by atoms with van der Waals surface area (Å²) >= 11 is 0. The van der Waals surface area contributed by atoms with Gasteiger partial charge in [-0.05, 0) is 29.6 Å². The molecule has 2 unspecified atom stereocenters. The van der Waals surface area contributed by atoms with Gasteiger partial charge in [0.15, 0.2) is 0 Å². The van der Waals surface area contributed by atoms with E-state index >= 15 is 0 Å². The Labute approximate surface area is 124 Å². The third-order valence-electron chi connectivity index (χ3n) is 2.81. The Hall–Kier alpha value is -0.550. The summed E-state index contributed by atoms with van der Waals surface area (Å²) in [6, 6.07) is 21.3. The summed E-state index contributed by atoms with van der Waals surface area (Å²) in [5.41, 5.74) is 3.38. The molecular weight excluding hydrogens is 282 g/mol. The van der Waals surface area contributed by atoms with Gasteiger partial charge in [-0.1, -0.05) is 60.7 Å². The van der Waals surface area contributed by atoms with E-state index in [2.05, 4.69) is 69.9 Å². The van der Waals surface area contributed by atoms with Gasteiger partial charge in [-0.3, -0.25) is 0 Å². The number of benzene rings is 2. The van der Waals surface area contributed by atoms with Gasteiger partial charge in [0.05, 0.1) is 0 Å². The monoisotopic (exact) mass is 300 g/mol. The van der Waals surface area contributed by atoms with Gasteiger partial charge >= 0.3 is 0 Å².